The Kier molecular flexibility index (Phi) is 4.47. The molecule has 0 aliphatic carbocycles. The van der Waals surface area contributed by atoms with Gasteiger partial charge in [0, 0.05) is 36.3 Å². The Morgan fingerprint density at radius 1 is 1.07 bits per heavy atom. The molecule has 0 saturated heterocycles. The summed E-state index contributed by atoms with van der Waals surface area (Å²) in [6.07, 6.45) is 3.65. The number of H-pyrrole nitrogens is 1. The molecule has 1 aliphatic rings. The van der Waals surface area contributed by atoms with Crippen molar-refractivity contribution in [3.8, 4) is 0 Å². The maximum absolute atomic E-state index is 12.5. The third kappa shape index (κ3) is 2.87. The zero-order valence-corrected chi connectivity index (χ0v) is 15.8. The number of aryl methyl sites for hydroxylation is 1. The Morgan fingerprint density at radius 3 is 2.64 bits per heavy atom. The van der Waals surface area contributed by atoms with Crippen LogP contribution < -0.4 is 5.32 Å². The summed E-state index contributed by atoms with van der Waals surface area (Å²) in [4.78, 5) is 40.9. The average Bonchev–Trinajstić information content (AvgIpc) is 3.23. The van der Waals surface area contributed by atoms with Gasteiger partial charge in [-0.1, -0.05) is 25.1 Å². The summed E-state index contributed by atoms with van der Waals surface area (Å²) in [7, 11) is 1.44. The molecule has 0 fully saturated rings. The van der Waals surface area contributed by atoms with Crippen molar-refractivity contribution in [1.29, 1.82) is 0 Å². The lowest BCUT2D eigenvalue weighted by atomic mass is 10.0. The predicted octanol–water partition coefficient (Wildman–Crippen LogP) is 2.93. The van der Waals surface area contributed by atoms with E-state index in [9.17, 15) is 14.4 Å². The molecule has 3 amide bonds. The first kappa shape index (κ1) is 18.0. The molecular formula is C22H21N3O3. The van der Waals surface area contributed by atoms with E-state index >= 15 is 0 Å². The fourth-order valence-electron chi connectivity index (χ4n) is 3.69. The number of carbonyl (C=O) groups is 3. The number of nitrogens with one attached hydrogen (secondary N) is 2. The van der Waals surface area contributed by atoms with Gasteiger partial charge in [-0.05, 0) is 42.2 Å². The van der Waals surface area contributed by atoms with E-state index in [1.54, 1.807) is 12.1 Å². The van der Waals surface area contributed by atoms with Gasteiger partial charge in [0.2, 0.25) is 0 Å². The Morgan fingerprint density at radius 2 is 1.86 bits per heavy atom. The van der Waals surface area contributed by atoms with Crippen molar-refractivity contribution < 1.29 is 14.4 Å². The van der Waals surface area contributed by atoms with Crippen LogP contribution in [0.15, 0.2) is 42.6 Å². The van der Waals surface area contributed by atoms with E-state index in [-0.39, 0.29) is 23.3 Å². The molecule has 142 valence electrons. The zero-order valence-electron chi connectivity index (χ0n) is 15.8. The molecule has 1 aromatic heterocycles. The predicted molar refractivity (Wildman–Crippen MR) is 107 cm³/mol. The lowest BCUT2D eigenvalue weighted by molar-refractivity contribution is 0.0693. The molecule has 1 aliphatic heterocycles. The fraction of sp³-hybridized carbons (Fsp3) is 0.227. The number of fused-ring (bicyclic) bond motifs is 2. The Hall–Kier alpha value is -3.41. The molecule has 0 atom stereocenters. The van der Waals surface area contributed by atoms with Gasteiger partial charge in [0.25, 0.3) is 17.7 Å². The molecule has 0 radical (unpaired) electrons. The summed E-state index contributed by atoms with van der Waals surface area (Å²) in [5, 5.41) is 4.08. The number of imide groups is 1. The molecule has 2 aromatic carbocycles. The molecule has 0 saturated carbocycles. The van der Waals surface area contributed by atoms with Gasteiger partial charge in [-0.2, -0.15) is 0 Å². The highest BCUT2D eigenvalue weighted by Gasteiger charge is 2.33. The van der Waals surface area contributed by atoms with Crippen LogP contribution in [0, 0.1) is 0 Å². The molecule has 2 heterocycles. The number of hydrogen-bond acceptors (Lipinski definition) is 3. The van der Waals surface area contributed by atoms with Gasteiger partial charge < -0.3 is 10.3 Å². The number of rotatable bonds is 5. The molecule has 6 heteroatoms. The summed E-state index contributed by atoms with van der Waals surface area (Å²) in [6.45, 7) is 2.61. The highest BCUT2D eigenvalue weighted by Crippen LogP contribution is 2.24. The highest BCUT2D eigenvalue weighted by molar-refractivity contribution is 6.21. The minimum atomic E-state index is -0.375. The topological polar surface area (TPSA) is 82.3 Å². The number of aromatic amines is 1. The number of hydrogen-bond donors (Lipinski definition) is 2. The second-order valence-electron chi connectivity index (χ2n) is 6.94. The first-order chi connectivity index (χ1) is 13.5. The van der Waals surface area contributed by atoms with Crippen molar-refractivity contribution in [2.45, 2.75) is 19.8 Å². The molecule has 28 heavy (non-hydrogen) atoms. The van der Waals surface area contributed by atoms with Crippen LogP contribution in [0.3, 0.4) is 0 Å². The van der Waals surface area contributed by atoms with E-state index in [0.717, 1.165) is 22.4 Å². The number of amides is 3. The van der Waals surface area contributed by atoms with Gasteiger partial charge in [-0.3, -0.25) is 19.3 Å². The molecule has 0 bridgehead atoms. The molecule has 3 aromatic rings. The minimum absolute atomic E-state index is 0.258. The van der Waals surface area contributed by atoms with Crippen LogP contribution in [0.2, 0.25) is 0 Å². The SMILES string of the molecule is CCc1cccc2c(CCNC(=O)c3ccc4c(c3)C(=O)N(C)C4=O)c[nH]c12. The maximum Gasteiger partial charge on any atom is 0.261 e. The van der Waals surface area contributed by atoms with Gasteiger partial charge in [0.15, 0.2) is 0 Å². The number of carbonyl (C=O) groups excluding carboxylic acids is 3. The van der Waals surface area contributed by atoms with Crippen LogP contribution in [-0.2, 0) is 12.8 Å². The smallest absolute Gasteiger partial charge is 0.261 e. The van der Waals surface area contributed by atoms with Gasteiger partial charge >= 0.3 is 0 Å². The fourth-order valence-corrected chi connectivity index (χ4v) is 3.69. The van der Waals surface area contributed by atoms with Crippen molar-refractivity contribution in [1.82, 2.24) is 15.2 Å². The summed E-state index contributed by atoms with van der Waals surface area (Å²) in [5.74, 6) is -0.968. The summed E-state index contributed by atoms with van der Waals surface area (Å²) < 4.78 is 0. The van der Waals surface area contributed by atoms with Crippen molar-refractivity contribution in [3.63, 3.8) is 0 Å². The lowest BCUT2D eigenvalue weighted by Crippen LogP contribution is -2.26. The Balaban J connectivity index is 1.45. The summed E-state index contributed by atoms with van der Waals surface area (Å²) in [5.41, 5.74) is 4.58. The van der Waals surface area contributed by atoms with Gasteiger partial charge in [0.1, 0.15) is 0 Å². The number of benzene rings is 2. The number of para-hydroxylation sites is 1. The monoisotopic (exact) mass is 375 g/mol. The van der Waals surface area contributed by atoms with E-state index < -0.39 is 0 Å². The highest BCUT2D eigenvalue weighted by atomic mass is 16.2. The molecule has 4 rings (SSSR count). The molecule has 6 nitrogen and oxygen atoms in total. The lowest BCUT2D eigenvalue weighted by Gasteiger charge is -2.06. The minimum Gasteiger partial charge on any atom is -0.361 e. The third-order valence-corrected chi connectivity index (χ3v) is 5.30. The Bertz CT molecular complexity index is 1110. The summed E-state index contributed by atoms with van der Waals surface area (Å²) in [6, 6.07) is 10.9. The van der Waals surface area contributed by atoms with E-state index in [1.165, 1.54) is 24.1 Å². The average molecular weight is 375 g/mol. The first-order valence-electron chi connectivity index (χ1n) is 9.33. The van der Waals surface area contributed by atoms with Crippen LogP contribution in [-0.4, -0.2) is 41.2 Å². The molecule has 0 spiro atoms. The van der Waals surface area contributed by atoms with Crippen LogP contribution in [0.5, 0.6) is 0 Å². The largest absolute Gasteiger partial charge is 0.361 e. The molecule has 0 unspecified atom stereocenters. The van der Waals surface area contributed by atoms with E-state index in [0.29, 0.717) is 24.1 Å². The van der Waals surface area contributed by atoms with Crippen molar-refractivity contribution in [3.05, 3.63) is 70.4 Å². The van der Waals surface area contributed by atoms with E-state index in [4.69, 9.17) is 0 Å². The third-order valence-electron chi connectivity index (χ3n) is 5.30. The molecular weight excluding hydrogens is 354 g/mol. The van der Waals surface area contributed by atoms with Crippen molar-refractivity contribution in [2.75, 3.05) is 13.6 Å². The summed E-state index contributed by atoms with van der Waals surface area (Å²) >= 11 is 0. The van der Waals surface area contributed by atoms with Gasteiger partial charge in [-0.25, -0.2) is 0 Å². The maximum atomic E-state index is 12.5. The first-order valence-corrected chi connectivity index (χ1v) is 9.33. The number of aromatic nitrogens is 1. The van der Waals surface area contributed by atoms with Crippen molar-refractivity contribution in [2.24, 2.45) is 0 Å². The number of nitrogens with zero attached hydrogens (tertiary/aromatic N) is 1. The molecule has 2 N–H and O–H groups in total. The van der Waals surface area contributed by atoms with Crippen LogP contribution in [0.25, 0.3) is 10.9 Å². The van der Waals surface area contributed by atoms with Gasteiger partial charge in [-0.15, -0.1) is 0 Å². The second-order valence-corrected chi connectivity index (χ2v) is 6.94. The van der Waals surface area contributed by atoms with Gasteiger partial charge in [0.05, 0.1) is 11.1 Å². The van der Waals surface area contributed by atoms with Crippen LogP contribution in [0.4, 0.5) is 0 Å². The normalized spacial score (nSPS) is 13.3. The van der Waals surface area contributed by atoms with Crippen molar-refractivity contribution >= 4 is 28.6 Å². The quantitative estimate of drug-likeness (QED) is 0.673. The zero-order chi connectivity index (χ0) is 19.8. The standard InChI is InChI=1S/C22H21N3O3/c1-3-13-5-4-6-16-15(12-24-19(13)16)9-10-23-20(26)14-7-8-17-18(11-14)22(28)25(2)21(17)27/h4-8,11-12,24H,3,9-10H2,1-2H3,(H,23,26). The van der Waals surface area contributed by atoms with E-state index in [1.807, 2.05) is 6.20 Å². The Labute approximate surface area is 162 Å². The second kappa shape index (κ2) is 6.96. The van der Waals surface area contributed by atoms with Crippen LogP contribution in [0.1, 0.15) is 49.1 Å². The van der Waals surface area contributed by atoms with E-state index in [2.05, 4.69) is 35.4 Å². The van der Waals surface area contributed by atoms with Crippen LogP contribution >= 0.6 is 0 Å².